The molecule has 4 heteroatoms. The first-order chi connectivity index (χ1) is 7.47. The lowest BCUT2D eigenvalue weighted by molar-refractivity contribution is -0.141. The van der Waals surface area contributed by atoms with Gasteiger partial charge in [0.25, 0.3) is 0 Å². The molecule has 0 heterocycles. The summed E-state index contributed by atoms with van der Waals surface area (Å²) in [4.78, 5) is 21.9. The number of hydrogen-bond acceptors (Lipinski definition) is 2. The van der Waals surface area contributed by atoms with E-state index in [-0.39, 0.29) is 5.91 Å². The predicted octanol–water partition coefficient (Wildman–Crippen LogP) is 2.18. The van der Waals surface area contributed by atoms with Gasteiger partial charge in [-0.2, -0.15) is 0 Å². The number of unbranched alkanes of at least 4 members (excludes halogenated alkanes) is 2. The van der Waals surface area contributed by atoms with E-state index in [1.54, 1.807) is 0 Å². The van der Waals surface area contributed by atoms with Crippen molar-refractivity contribution < 1.29 is 14.7 Å². The maximum Gasteiger partial charge on any atom is 0.325 e. The minimum atomic E-state index is -0.994. The summed E-state index contributed by atoms with van der Waals surface area (Å²) in [5, 5.41) is 11.1. The second kappa shape index (κ2) is 8.13. The number of carbonyl (C=O) groups excluding carboxylic acids is 1. The van der Waals surface area contributed by atoms with Gasteiger partial charge in [0, 0.05) is 6.42 Å². The van der Waals surface area contributed by atoms with Gasteiger partial charge in [-0.3, -0.25) is 9.59 Å². The van der Waals surface area contributed by atoms with Crippen LogP contribution in [0.15, 0.2) is 0 Å². The first-order valence-corrected chi connectivity index (χ1v) is 5.99. The van der Waals surface area contributed by atoms with Crippen LogP contribution in [0, 0.1) is 5.92 Å². The number of amides is 1. The summed E-state index contributed by atoms with van der Waals surface area (Å²) in [6, 6.07) is -0.796. The lowest BCUT2D eigenvalue weighted by Gasteiger charge is -2.13. The summed E-state index contributed by atoms with van der Waals surface area (Å²) in [5.41, 5.74) is 0. The van der Waals surface area contributed by atoms with E-state index >= 15 is 0 Å². The van der Waals surface area contributed by atoms with Crippen molar-refractivity contribution in [3.63, 3.8) is 0 Å². The molecule has 0 aliphatic heterocycles. The Morgan fingerprint density at radius 3 is 2.38 bits per heavy atom. The normalized spacial score (nSPS) is 14.2. The fraction of sp³-hybridized carbons (Fsp3) is 0.833. The first kappa shape index (κ1) is 14.9. The van der Waals surface area contributed by atoms with Gasteiger partial charge < -0.3 is 10.4 Å². The van der Waals surface area contributed by atoms with E-state index in [1.165, 1.54) is 19.8 Å². The largest absolute Gasteiger partial charge is 0.480 e. The Hall–Kier alpha value is -1.06. The van der Waals surface area contributed by atoms with Crippen LogP contribution in [0.3, 0.4) is 0 Å². The third-order valence-electron chi connectivity index (χ3n) is 2.58. The van der Waals surface area contributed by atoms with E-state index in [0.29, 0.717) is 12.3 Å². The van der Waals surface area contributed by atoms with Crippen molar-refractivity contribution in [2.75, 3.05) is 0 Å². The highest BCUT2D eigenvalue weighted by Crippen LogP contribution is 2.12. The quantitative estimate of drug-likeness (QED) is 0.627. The molecule has 0 radical (unpaired) electrons. The van der Waals surface area contributed by atoms with Crippen molar-refractivity contribution in [1.82, 2.24) is 5.32 Å². The number of carbonyl (C=O) groups is 2. The van der Waals surface area contributed by atoms with Crippen molar-refractivity contribution in [2.45, 2.75) is 58.9 Å². The molecule has 0 spiro atoms. The van der Waals surface area contributed by atoms with Gasteiger partial charge in [-0.25, -0.2) is 0 Å². The second-order valence-corrected chi connectivity index (χ2v) is 4.43. The first-order valence-electron chi connectivity index (χ1n) is 5.99. The zero-order valence-corrected chi connectivity index (χ0v) is 10.5. The van der Waals surface area contributed by atoms with Crippen LogP contribution in [0.1, 0.15) is 52.9 Å². The van der Waals surface area contributed by atoms with E-state index in [4.69, 9.17) is 5.11 Å². The number of carboxylic acid groups (broad SMARTS) is 1. The van der Waals surface area contributed by atoms with Crippen molar-refractivity contribution in [3.8, 4) is 0 Å². The van der Waals surface area contributed by atoms with Crippen LogP contribution in [0.5, 0.6) is 0 Å². The maximum atomic E-state index is 11.4. The average Bonchev–Trinajstić information content (AvgIpc) is 2.17. The minimum absolute atomic E-state index is 0.168. The van der Waals surface area contributed by atoms with Crippen molar-refractivity contribution in [3.05, 3.63) is 0 Å². The molecule has 2 atom stereocenters. The fourth-order valence-corrected chi connectivity index (χ4v) is 1.52. The molecular formula is C12H23NO3. The molecule has 0 aliphatic carbocycles. The van der Waals surface area contributed by atoms with Gasteiger partial charge in [0.2, 0.25) is 5.91 Å². The van der Waals surface area contributed by atoms with Crippen LogP contribution in [0.4, 0.5) is 0 Å². The summed E-state index contributed by atoms with van der Waals surface area (Å²) in [6.45, 7) is 5.65. The number of carboxylic acids is 1. The molecular weight excluding hydrogens is 206 g/mol. The number of rotatable bonds is 8. The van der Waals surface area contributed by atoms with E-state index in [9.17, 15) is 9.59 Å². The highest BCUT2D eigenvalue weighted by Gasteiger charge is 2.15. The Balaban J connectivity index is 3.73. The van der Waals surface area contributed by atoms with Crippen molar-refractivity contribution in [2.24, 2.45) is 5.92 Å². The lowest BCUT2D eigenvalue weighted by Crippen LogP contribution is -2.38. The summed E-state index contributed by atoms with van der Waals surface area (Å²) < 4.78 is 0. The van der Waals surface area contributed by atoms with Crippen molar-refractivity contribution >= 4 is 11.9 Å². The monoisotopic (exact) mass is 229 g/mol. The van der Waals surface area contributed by atoms with E-state index < -0.39 is 12.0 Å². The third kappa shape index (κ3) is 7.26. The molecule has 2 unspecified atom stereocenters. The molecule has 94 valence electrons. The van der Waals surface area contributed by atoms with E-state index in [1.807, 2.05) is 6.92 Å². The Labute approximate surface area is 97.4 Å². The summed E-state index contributed by atoms with van der Waals surface area (Å²) in [7, 11) is 0. The van der Waals surface area contributed by atoms with Gasteiger partial charge in [-0.1, -0.05) is 39.5 Å². The Morgan fingerprint density at radius 1 is 1.25 bits per heavy atom. The van der Waals surface area contributed by atoms with E-state index in [0.717, 1.165) is 12.8 Å². The van der Waals surface area contributed by atoms with Crippen LogP contribution in [0.25, 0.3) is 0 Å². The van der Waals surface area contributed by atoms with Gasteiger partial charge in [0.15, 0.2) is 0 Å². The van der Waals surface area contributed by atoms with Crippen LogP contribution in [-0.2, 0) is 9.59 Å². The maximum absolute atomic E-state index is 11.4. The lowest BCUT2D eigenvalue weighted by atomic mass is 9.99. The van der Waals surface area contributed by atoms with Gasteiger partial charge in [-0.15, -0.1) is 0 Å². The Morgan fingerprint density at radius 2 is 1.88 bits per heavy atom. The average molecular weight is 229 g/mol. The summed E-state index contributed by atoms with van der Waals surface area (Å²) >= 11 is 0. The molecule has 0 aromatic rings. The number of hydrogen-bond donors (Lipinski definition) is 2. The molecule has 0 bridgehead atoms. The fourth-order valence-electron chi connectivity index (χ4n) is 1.52. The minimum Gasteiger partial charge on any atom is -0.480 e. The van der Waals surface area contributed by atoms with Gasteiger partial charge in [0.1, 0.15) is 6.04 Å². The van der Waals surface area contributed by atoms with Gasteiger partial charge in [0.05, 0.1) is 0 Å². The number of nitrogens with one attached hydrogen (secondary N) is 1. The van der Waals surface area contributed by atoms with Crippen LogP contribution in [-0.4, -0.2) is 23.0 Å². The van der Waals surface area contributed by atoms with Crippen LogP contribution < -0.4 is 5.32 Å². The van der Waals surface area contributed by atoms with Crippen LogP contribution in [0.2, 0.25) is 0 Å². The van der Waals surface area contributed by atoms with Crippen LogP contribution >= 0.6 is 0 Å². The molecule has 0 saturated carbocycles. The summed E-state index contributed by atoms with van der Waals surface area (Å²) in [6.07, 6.45) is 4.95. The molecule has 16 heavy (non-hydrogen) atoms. The molecule has 4 nitrogen and oxygen atoms in total. The smallest absolute Gasteiger partial charge is 0.325 e. The highest BCUT2D eigenvalue weighted by molar-refractivity contribution is 5.83. The number of aliphatic carboxylic acids is 1. The van der Waals surface area contributed by atoms with Gasteiger partial charge in [-0.05, 0) is 12.8 Å². The predicted molar refractivity (Wildman–Crippen MR) is 63.2 cm³/mol. The SMILES string of the molecule is CCCCCC(C)CC(=O)NC(C)C(=O)O. The molecule has 0 rings (SSSR count). The molecule has 0 aromatic heterocycles. The topological polar surface area (TPSA) is 66.4 Å². The standard InChI is InChI=1S/C12H23NO3/c1-4-5-6-7-9(2)8-11(14)13-10(3)12(15)16/h9-10H,4-8H2,1-3H3,(H,13,14)(H,15,16). The zero-order chi connectivity index (χ0) is 12.6. The molecule has 0 aliphatic rings. The molecule has 0 aromatic carbocycles. The Kier molecular flexibility index (Phi) is 7.60. The summed E-state index contributed by atoms with van der Waals surface area (Å²) in [5.74, 6) is -0.835. The van der Waals surface area contributed by atoms with E-state index in [2.05, 4.69) is 12.2 Å². The van der Waals surface area contributed by atoms with Crippen molar-refractivity contribution in [1.29, 1.82) is 0 Å². The molecule has 1 amide bonds. The molecule has 0 saturated heterocycles. The molecule has 0 fully saturated rings. The molecule has 2 N–H and O–H groups in total. The van der Waals surface area contributed by atoms with Gasteiger partial charge >= 0.3 is 5.97 Å². The Bertz CT molecular complexity index is 228. The zero-order valence-electron chi connectivity index (χ0n) is 10.5. The second-order valence-electron chi connectivity index (χ2n) is 4.43. The highest BCUT2D eigenvalue weighted by atomic mass is 16.4. The third-order valence-corrected chi connectivity index (χ3v) is 2.58.